The van der Waals surface area contributed by atoms with Crippen LogP contribution in [0.3, 0.4) is 0 Å². The fourth-order valence-corrected chi connectivity index (χ4v) is 4.64. The average Bonchev–Trinajstić information content (AvgIpc) is 3.20. The Balaban J connectivity index is 1.80. The van der Waals surface area contributed by atoms with E-state index >= 15 is 0 Å². The first-order valence-electron chi connectivity index (χ1n) is 10.4. The van der Waals surface area contributed by atoms with E-state index in [2.05, 4.69) is 21.8 Å². The van der Waals surface area contributed by atoms with Crippen LogP contribution in [0.4, 0.5) is 37.8 Å². The number of rotatable bonds is 7. The lowest BCUT2D eigenvalue weighted by molar-refractivity contribution is -0.126. The zero-order chi connectivity index (χ0) is 26.9. The van der Waals surface area contributed by atoms with Crippen molar-refractivity contribution in [2.45, 2.75) is 47.9 Å². The second kappa shape index (κ2) is 9.97. The van der Waals surface area contributed by atoms with E-state index in [1.165, 1.54) is 10.9 Å². The molecular weight excluding hydrogens is 518 g/mol. The van der Waals surface area contributed by atoms with Crippen molar-refractivity contribution in [1.29, 1.82) is 5.26 Å². The van der Waals surface area contributed by atoms with Gasteiger partial charge in [0.1, 0.15) is 5.56 Å². The van der Waals surface area contributed by atoms with Crippen LogP contribution in [0.25, 0.3) is 0 Å². The van der Waals surface area contributed by atoms with Crippen LogP contribution in [-0.4, -0.2) is 48.4 Å². The summed E-state index contributed by atoms with van der Waals surface area (Å²) in [4.78, 5) is 11.0. The molecule has 0 radical (unpaired) electrons. The lowest BCUT2D eigenvalue weighted by Crippen LogP contribution is -2.42. The predicted molar refractivity (Wildman–Crippen MR) is 114 cm³/mol. The summed E-state index contributed by atoms with van der Waals surface area (Å²) in [7, 11) is -5.54. The summed E-state index contributed by atoms with van der Waals surface area (Å²) in [5.74, 6) is -1.73. The minimum absolute atomic E-state index is 0.0945. The van der Waals surface area contributed by atoms with Crippen LogP contribution >= 0.6 is 0 Å². The van der Waals surface area contributed by atoms with Gasteiger partial charge in [0.15, 0.2) is 5.82 Å². The van der Waals surface area contributed by atoms with Gasteiger partial charge in [0, 0.05) is 17.9 Å². The number of hydrogen-bond donors (Lipinski definition) is 3. The standard InChI is InChI=1S/C20H20F6N6O3S/c21-19(22,23)10-29-13-3-6-16(11(7-13)8-27)32-9-15(17(28)33)18(31-32)30-12-1-4-14(5-2-12)36(34,35)20(24,25)26/h1-2,4-5,9,11,13,16,29H,3,6-7,10H2,(H2,28,33)(H,30,31)/t11-,13+,16+/m1/s1. The topological polar surface area (TPSA) is 143 Å². The molecule has 196 valence electrons. The highest BCUT2D eigenvalue weighted by Crippen LogP contribution is 2.36. The molecule has 1 amide bonds. The van der Waals surface area contributed by atoms with E-state index in [9.17, 15) is 44.8 Å². The predicted octanol–water partition coefficient (Wildman–Crippen LogP) is 3.40. The molecule has 0 spiro atoms. The molecule has 36 heavy (non-hydrogen) atoms. The molecule has 1 aliphatic rings. The Labute approximate surface area is 201 Å². The van der Waals surface area contributed by atoms with Gasteiger partial charge in [-0.1, -0.05) is 0 Å². The number of sulfone groups is 1. The molecule has 0 saturated heterocycles. The largest absolute Gasteiger partial charge is 0.501 e. The Bertz CT molecular complexity index is 1250. The number of aromatic nitrogens is 2. The van der Waals surface area contributed by atoms with E-state index in [0.29, 0.717) is 6.42 Å². The van der Waals surface area contributed by atoms with Crippen molar-refractivity contribution >= 4 is 27.2 Å². The number of primary amides is 1. The number of nitrogens with two attached hydrogens (primary N) is 1. The van der Waals surface area contributed by atoms with Gasteiger partial charge in [0.2, 0.25) is 0 Å². The van der Waals surface area contributed by atoms with E-state index in [0.717, 1.165) is 24.3 Å². The van der Waals surface area contributed by atoms with Crippen LogP contribution in [0.2, 0.25) is 0 Å². The number of carbonyl (C=O) groups is 1. The number of nitrogens with zero attached hydrogens (tertiary/aromatic N) is 3. The van der Waals surface area contributed by atoms with Crippen molar-refractivity contribution in [3.63, 3.8) is 0 Å². The number of hydrogen-bond acceptors (Lipinski definition) is 7. The maximum atomic E-state index is 12.7. The number of amides is 1. The molecule has 0 unspecified atom stereocenters. The molecule has 4 N–H and O–H groups in total. The zero-order valence-electron chi connectivity index (χ0n) is 18.3. The Morgan fingerprint density at radius 1 is 1.17 bits per heavy atom. The number of alkyl halides is 6. The lowest BCUT2D eigenvalue weighted by atomic mass is 9.82. The fourth-order valence-electron chi connectivity index (χ4n) is 3.88. The molecule has 0 aliphatic heterocycles. The van der Waals surface area contributed by atoms with Crippen LogP contribution in [-0.2, 0) is 9.84 Å². The molecule has 1 aromatic heterocycles. The first kappa shape index (κ1) is 27.3. The third-order valence-corrected chi connectivity index (χ3v) is 7.14. The van der Waals surface area contributed by atoms with Gasteiger partial charge in [0.05, 0.1) is 29.5 Å². The van der Waals surface area contributed by atoms with Crippen molar-refractivity contribution in [3.05, 3.63) is 36.0 Å². The monoisotopic (exact) mass is 538 g/mol. The van der Waals surface area contributed by atoms with Crippen molar-refractivity contribution in [2.75, 3.05) is 11.9 Å². The van der Waals surface area contributed by atoms with E-state index in [1.807, 2.05) is 0 Å². The van der Waals surface area contributed by atoms with Gasteiger partial charge >= 0.3 is 11.7 Å². The van der Waals surface area contributed by atoms with E-state index in [4.69, 9.17) is 5.73 Å². The summed E-state index contributed by atoms with van der Waals surface area (Å²) in [5, 5.41) is 18.8. The van der Waals surface area contributed by atoms with Crippen LogP contribution in [0.5, 0.6) is 0 Å². The fraction of sp³-hybridized carbons (Fsp3) is 0.450. The summed E-state index contributed by atoms with van der Waals surface area (Å²) >= 11 is 0. The maximum Gasteiger partial charge on any atom is 0.501 e. The third-order valence-electron chi connectivity index (χ3n) is 5.64. The molecule has 1 aliphatic carbocycles. The maximum absolute atomic E-state index is 12.7. The second-order valence-electron chi connectivity index (χ2n) is 8.14. The number of nitrogens with one attached hydrogen (secondary N) is 2. The number of carbonyl (C=O) groups excluding carboxylic acids is 1. The normalized spacial score (nSPS) is 21.1. The van der Waals surface area contributed by atoms with Crippen molar-refractivity contribution < 1.29 is 39.6 Å². The molecule has 16 heteroatoms. The molecule has 9 nitrogen and oxygen atoms in total. The third kappa shape index (κ3) is 6.08. The summed E-state index contributed by atoms with van der Waals surface area (Å²) in [6.45, 7) is -1.19. The minimum atomic E-state index is -5.54. The minimum Gasteiger partial charge on any atom is -0.365 e. The van der Waals surface area contributed by atoms with Crippen molar-refractivity contribution in [2.24, 2.45) is 11.7 Å². The molecule has 1 fully saturated rings. The lowest BCUT2D eigenvalue weighted by Gasteiger charge is -2.33. The zero-order valence-corrected chi connectivity index (χ0v) is 19.1. The summed E-state index contributed by atoms with van der Waals surface area (Å²) in [6.07, 6.45) is -2.43. The number of benzene rings is 1. The van der Waals surface area contributed by atoms with Gasteiger partial charge in [-0.3, -0.25) is 9.48 Å². The molecule has 1 aromatic carbocycles. The van der Waals surface area contributed by atoms with Crippen LogP contribution in [0.1, 0.15) is 35.7 Å². The summed E-state index contributed by atoms with van der Waals surface area (Å²) in [5.41, 5.74) is -0.0991. The Kier molecular flexibility index (Phi) is 7.55. The van der Waals surface area contributed by atoms with E-state index in [-0.39, 0.29) is 29.9 Å². The molecule has 3 atom stereocenters. The Morgan fingerprint density at radius 2 is 1.81 bits per heavy atom. The van der Waals surface area contributed by atoms with Crippen molar-refractivity contribution in [1.82, 2.24) is 15.1 Å². The highest BCUT2D eigenvalue weighted by molar-refractivity contribution is 7.92. The Hall–Kier alpha value is -3.32. The number of anilines is 2. The highest BCUT2D eigenvalue weighted by Gasteiger charge is 2.46. The van der Waals surface area contributed by atoms with Crippen LogP contribution < -0.4 is 16.4 Å². The molecule has 1 saturated carbocycles. The van der Waals surface area contributed by atoms with Gasteiger partial charge in [-0.2, -0.15) is 36.7 Å². The first-order valence-corrected chi connectivity index (χ1v) is 11.9. The highest BCUT2D eigenvalue weighted by atomic mass is 32.2. The summed E-state index contributed by atoms with van der Waals surface area (Å²) in [6, 6.07) is 4.47. The SMILES string of the molecule is N#C[C@H]1C[C@@H](NCC(F)(F)F)CC[C@@H]1n1cc(C(N)=O)c(Nc2ccc(S(=O)(=O)C(F)(F)F)cc2)n1. The van der Waals surface area contributed by atoms with Gasteiger partial charge in [0.25, 0.3) is 15.7 Å². The number of nitriles is 1. The summed E-state index contributed by atoms with van der Waals surface area (Å²) < 4.78 is 100.0. The smallest absolute Gasteiger partial charge is 0.365 e. The van der Waals surface area contributed by atoms with Gasteiger partial charge in [-0.15, -0.1) is 0 Å². The van der Waals surface area contributed by atoms with Gasteiger partial charge in [-0.25, -0.2) is 8.42 Å². The average molecular weight is 538 g/mol. The molecule has 1 heterocycles. The van der Waals surface area contributed by atoms with Gasteiger partial charge in [-0.05, 0) is 43.5 Å². The molecular formula is C20H20F6N6O3S. The van der Waals surface area contributed by atoms with Crippen LogP contribution in [0.15, 0.2) is 35.4 Å². The second-order valence-corrected chi connectivity index (χ2v) is 10.1. The number of halogens is 6. The molecule has 2 aromatic rings. The van der Waals surface area contributed by atoms with Gasteiger partial charge < -0.3 is 16.4 Å². The van der Waals surface area contributed by atoms with E-state index in [1.54, 1.807) is 0 Å². The Morgan fingerprint density at radius 3 is 2.33 bits per heavy atom. The quantitative estimate of drug-likeness (QED) is 0.459. The van der Waals surface area contributed by atoms with Crippen LogP contribution in [0, 0.1) is 17.2 Å². The molecule has 0 bridgehead atoms. The first-order chi connectivity index (χ1) is 16.6. The van der Waals surface area contributed by atoms with Crippen molar-refractivity contribution in [3.8, 4) is 6.07 Å². The van der Waals surface area contributed by atoms with E-state index < -0.39 is 56.9 Å². The molecule has 3 rings (SSSR count).